The minimum Gasteiger partial charge on any atom is -0.382 e. The number of nitrogens with one attached hydrogen (secondary N) is 2. The van der Waals surface area contributed by atoms with E-state index in [0.29, 0.717) is 37.9 Å². The van der Waals surface area contributed by atoms with Gasteiger partial charge in [-0.1, -0.05) is 25.4 Å². The first-order valence-electron chi connectivity index (χ1n) is 7.74. The number of amides is 1. The SMILES string of the molecule is CCOCCCNC(=O)C(CC(C)C)Nc1cc(Cl)nc(Cl)n1. The van der Waals surface area contributed by atoms with Crippen LogP contribution in [0.2, 0.25) is 10.4 Å². The molecule has 1 aromatic rings. The van der Waals surface area contributed by atoms with E-state index in [2.05, 4.69) is 34.4 Å². The molecule has 1 heterocycles. The van der Waals surface area contributed by atoms with E-state index < -0.39 is 6.04 Å². The summed E-state index contributed by atoms with van der Waals surface area (Å²) in [5.74, 6) is 0.695. The number of ether oxygens (including phenoxy) is 1. The average Bonchev–Trinajstić information content (AvgIpc) is 2.44. The number of hydrogen-bond donors (Lipinski definition) is 2. The van der Waals surface area contributed by atoms with Gasteiger partial charge in [0.25, 0.3) is 0 Å². The number of carbonyl (C=O) groups excluding carboxylic acids is 1. The van der Waals surface area contributed by atoms with Crippen molar-refractivity contribution in [3.8, 4) is 0 Å². The molecule has 0 spiro atoms. The molecule has 0 aliphatic carbocycles. The number of anilines is 1. The molecule has 2 N–H and O–H groups in total. The van der Waals surface area contributed by atoms with Gasteiger partial charge in [0.1, 0.15) is 17.0 Å². The third-order valence-corrected chi connectivity index (χ3v) is 3.34. The molecular weight excluding hydrogens is 339 g/mol. The van der Waals surface area contributed by atoms with Gasteiger partial charge in [0, 0.05) is 25.8 Å². The first kappa shape index (κ1) is 19.9. The zero-order chi connectivity index (χ0) is 17.2. The third kappa shape index (κ3) is 8.34. The molecule has 1 atom stereocenters. The van der Waals surface area contributed by atoms with E-state index in [1.54, 1.807) is 6.07 Å². The van der Waals surface area contributed by atoms with Crippen molar-refractivity contribution in [3.63, 3.8) is 0 Å². The van der Waals surface area contributed by atoms with Crippen LogP contribution in [0, 0.1) is 5.92 Å². The van der Waals surface area contributed by atoms with Crippen molar-refractivity contribution in [1.82, 2.24) is 15.3 Å². The van der Waals surface area contributed by atoms with Gasteiger partial charge in [0.05, 0.1) is 0 Å². The molecule has 0 aliphatic heterocycles. The fraction of sp³-hybridized carbons (Fsp3) is 0.667. The Labute approximate surface area is 147 Å². The predicted octanol–water partition coefficient (Wildman–Crippen LogP) is 3.15. The first-order valence-corrected chi connectivity index (χ1v) is 8.50. The summed E-state index contributed by atoms with van der Waals surface area (Å²) in [5, 5.41) is 6.26. The van der Waals surface area contributed by atoms with E-state index >= 15 is 0 Å². The minimum atomic E-state index is -0.413. The van der Waals surface area contributed by atoms with Crippen LogP contribution < -0.4 is 10.6 Å². The van der Waals surface area contributed by atoms with Crippen LogP contribution in [0.3, 0.4) is 0 Å². The zero-order valence-corrected chi connectivity index (χ0v) is 15.2. The standard InChI is InChI=1S/C15H24Cl2N4O2/c1-4-23-7-5-6-18-14(22)11(8-10(2)3)19-13-9-12(16)20-15(17)21-13/h9-11H,4-8H2,1-3H3,(H,18,22)(H,19,20,21). The van der Waals surface area contributed by atoms with E-state index in [1.165, 1.54) is 0 Å². The van der Waals surface area contributed by atoms with Gasteiger partial charge in [-0.2, -0.15) is 0 Å². The molecular formula is C15H24Cl2N4O2. The van der Waals surface area contributed by atoms with Crippen molar-refractivity contribution >= 4 is 34.9 Å². The Morgan fingerprint density at radius 2 is 2.09 bits per heavy atom. The van der Waals surface area contributed by atoms with E-state index in [1.807, 2.05) is 6.92 Å². The lowest BCUT2D eigenvalue weighted by atomic mass is 10.0. The summed E-state index contributed by atoms with van der Waals surface area (Å²) in [7, 11) is 0. The van der Waals surface area contributed by atoms with E-state index in [-0.39, 0.29) is 16.3 Å². The topological polar surface area (TPSA) is 76.1 Å². The monoisotopic (exact) mass is 362 g/mol. The largest absolute Gasteiger partial charge is 0.382 e. The highest BCUT2D eigenvalue weighted by molar-refractivity contribution is 6.32. The quantitative estimate of drug-likeness (QED) is 0.379. The normalized spacial score (nSPS) is 12.3. The van der Waals surface area contributed by atoms with Gasteiger partial charge in [0.2, 0.25) is 11.2 Å². The van der Waals surface area contributed by atoms with Crippen LogP contribution >= 0.6 is 23.2 Å². The molecule has 0 saturated heterocycles. The van der Waals surface area contributed by atoms with Crippen molar-refractivity contribution in [3.05, 3.63) is 16.5 Å². The van der Waals surface area contributed by atoms with Crippen molar-refractivity contribution in [2.75, 3.05) is 25.1 Å². The first-order chi connectivity index (χ1) is 10.9. The fourth-order valence-corrected chi connectivity index (χ4v) is 2.41. The van der Waals surface area contributed by atoms with Crippen LogP contribution in [0.5, 0.6) is 0 Å². The summed E-state index contributed by atoms with van der Waals surface area (Å²) >= 11 is 11.7. The molecule has 0 aliphatic rings. The average molecular weight is 363 g/mol. The number of carbonyl (C=O) groups is 1. The van der Waals surface area contributed by atoms with E-state index in [0.717, 1.165) is 6.42 Å². The molecule has 1 unspecified atom stereocenters. The Morgan fingerprint density at radius 3 is 2.70 bits per heavy atom. The van der Waals surface area contributed by atoms with Crippen molar-refractivity contribution in [2.24, 2.45) is 5.92 Å². The maximum absolute atomic E-state index is 12.4. The maximum atomic E-state index is 12.4. The predicted molar refractivity (Wildman–Crippen MR) is 93.0 cm³/mol. The van der Waals surface area contributed by atoms with Crippen LogP contribution in [-0.2, 0) is 9.53 Å². The lowest BCUT2D eigenvalue weighted by molar-refractivity contribution is -0.122. The molecule has 6 nitrogen and oxygen atoms in total. The molecule has 23 heavy (non-hydrogen) atoms. The van der Waals surface area contributed by atoms with Crippen LogP contribution in [0.25, 0.3) is 0 Å². The van der Waals surface area contributed by atoms with Gasteiger partial charge >= 0.3 is 0 Å². The summed E-state index contributed by atoms with van der Waals surface area (Å²) in [5.41, 5.74) is 0. The number of nitrogens with zero attached hydrogens (tertiary/aromatic N) is 2. The number of hydrogen-bond acceptors (Lipinski definition) is 5. The molecule has 130 valence electrons. The maximum Gasteiger partial charge on any atom is 0.242 e. The minimum absolute atomic E-state index is 0.0421. The molecule has 0 aromatic carbocycles. The molecule has 1 amide bonds. The van der Waals surface area contributed by atoms with E-state index in [9.17, 15) is 4.79 Å². The molecule has 8 heteroatoms. The summed E-state index contributed by atoms with van der Waals surface area (Å²) in [6.07, 6.45) is 1.44. The van der Waals surface area contributed by atoms with Crippen molar-refractivity contribution in [1.29, 1.82) is 0 Å². The lowest BCUT2D eigenvalue weighted by Gasteiger charge is -2.20. The van der Waals surface area contributed by atoms with Gasteiger partial charge in [0.15, 0.2) is 0 Å². The zero-order valence-electron chi connectivity index (χ0n) is 13.7. The smallest absolute Gasteiger partial charge is 0.242 e. The van der Waals surface area contributed by atoms with Crippen LogP contribution in [0.15, 0.2) is 6.07 Å². The third-order valence-electron chi connectivity index (χ3n) is 2.98. The Hall–Kier alpha value is -1.11. The lowest BCUT2D eigenvalue weighted by Crippen LogP contribution is -2.41. The summed E-state index contributed by atoms with van der Waals surface area (Å²) in [4.78, 5) is 20.2. The van der Waals surface area contributed by atoms with Gasteiger partial charge in [-0.15, -0.1) is 0 Å². The fourth-order valence-electron chi connectivity index (χ4n) is 2.00. The molecule has 0 bridgehead atoms. The second kappa shape index (κ2) is 10.6. The molecule has 1 rings (SSSR count). The summed E-state index contributed by atoms with van der Waals surface area (Å²) in [6.45, 7) is 7.93. The van der Waals surface area contributed by atoms with Crippen LogP contribution in [0.4, 0.5) is 5.82 Å². The highest BCUT2D eigenvalue weighted by Crippen LogP contribution is 2.17. The van der Waals surface area contributed by atoms with Crippen molar-refractivity contribution < 1.29 is 9.53 Å². The molecule has 0 fully saturated rings. The molecule has 0 saturated carbocycles. The van der Waals surface area contributed by atoms with Gasteiger partial charge in [-0.25, -0.2) is 9.97 Å². The van der Waals surface area contributed by atoms with Crippen LogP contribution in [0.1, 0.15) is 33.6 Å². The van der Waals surface area contributed by atoms with E-state index in [4.69, 9.17) is 27.9 Å². The highest BCUT2D eigenvalue weighted by atomic mass is 35.5. The van der Waals surface area contributed by atoms with Crippen molar-refractivity contribution in [2.45, 2.75) is 39.7 Å². The Bertz CT molecular complexity index is 480. The Morgan fingerprint density at radius 1 is 1.35 bits per heavy atom. The Kier molecular flexibility index (Phi) is 9.21. The van der Waals surface area contributed by atoms with Gasteiger partial charge < -0.3 is 15.4 Å². The second-order valence-corrected chi connectivity index (χ2v) is 6.24. The summed E-state index contributed by atoms with van der Waals surface area (Å²) < 4.78 is 5.25. The van der Waals surface area contributed by atoms with Gasteiger partial charge in [-0.05, 0) is 37.3 Å². The number of aromatic nitrogens is 2. The summed E-state index contributed by atoms with van der Waals surface area (Å²) in [6, 6.07) is 1.13. The number of rotatable bonds is 10. The van der Waals surface area contributed by atoms with Gasteiger partial charge in [-0.3, -0.25) is 4.79 Å². The second-order valence-electron chi connectivity index (χ2n) is 5.51. The Balaban J connectivity index is 2.62. The highest BCUT2D eigenvalue weighted by Gasteiger charge is 2.20. The van der Waals surface area contributed by atoms with Crippen LogP contribution in [-0.4, -0.2) is 41.7 Å². The molecule has 1 aromatic heterocycles. The molecule has 0 radical (unpaired) electrons. The number of halogens is 2.